The minimum Gasteiger partial charge on any atom is -0.495 e. The van der Waals surface area contributed by atoms with Gasteiger partial charge in [0.15, 0.2) is 0 Å². The Morgan fingerprint density at radius 1 is 0.944 bits per heavy atom. The molecule has 0 bridgehead atoms. The highest BCUT2D eigenvalue weighted by atomic mass is 35.5. The van der Waals surface area contributed by atoms with E-state index < -0.39 is 22.1 Å². The summed E-state index contributed by atoms with van der Waals surface area (Å²) in [6.07, 6.45) is 0.242. The van der Waals surface area contributed by atoms with Gasteiger partial charge in [-0.05, 0) is 48.4 Å². The second kappa shape index (κ2) is 17.8. The number of hydrogen-bond donors (Lipinski definition) is 0. The van der Waals surface area contributed by atoms with Gasteiger partial charge in [0.25, 0.3) is 10.0 Å². The predicted octanol–water partition coefficient (Wildman–Crippen LogP) is 5.24. The molecule has 54 heavy (non-hydrogen) atoms. The van der Waals surface area contributed by atoms with E-state index in [0.717, 1.165) is 11.1 Å². The Kier molecular flexibility index (Phi) is 13.4. The first kappa shape index (κ1) is 40.7. The monoisotopic (exact) mass is 799 g/mol. The molecule has 2 atom stereocenters. The van der Waals surface area contributed by atoms with Crippen LogP contribution < -0.4 is 9.47 Å². The predicted molar refractivity (Wildman–Crippen MR) is 204 cm³/mol. The van der Waals surface area contributed by atoms with Crippen LogP contribution in [0.4, 0.5) is 4.79 Å². The number of piperazine rings is 1. The van der Waals surface area contributed by atoms with E-state index in [1.54, 1.807) is 48.0 Å². The summed E-state index contributed by atoms with van der Waals surface area (Å²) in [6.45, 7) is 3.95. The highest BCUT2D eigenvalue weighted by Gasteiger charge is 2.45. The Labute approximate surface area is 326 Å². The molecular formula is C37H43Cl2N7O7S. The van der Waals surface area contributed by atoms with Crippen molar-refractivity contribution in [2.75, 3.05) is 74.2 Å². The number of rotatable bonds is 13. The fourth-order valence-electron chi connectivity index (χ4n) is 6.35. The van der Waals surface area contributed by atoms with Gasteiger partial charge in [-0.2, -0.15) is 5.26 Å². The third-order valence-corrected chi connectivity index (χ3v) is 11.6. The van der Waals surface area contributed by atoms with E-state index in [1.165, 1.54) is 38.3 Å². The van der Waals surface area contributed by atoms with Crippen molar-refractivity contribution < 1.29 is 32.3 Å². The van der Waals surface area contributed by atoms with Gasteiger partial charge in [0.05, 0.1) is 51.5 Å². The van der Waals surface area contributed by atoms with Crippen LogP contribution in [0.25, 0.3) is 0 Å². The number of amides is 3. The van der Waals surface area contributed by atoms with Gasteiger partial charge in [-0.1, -0.05) is 51.9 Å². The third kappa shape index (κ3) is 8.75. The number of halogens is 2. The average Bonchev–Trinajstić information content (AvgIpc) is 3.57. The first-order valence-electron chi connectivity index (χ1n) is 17.2. The van der Waals surface area contributed by atoms with Crippen molar-refractivity contribution in [3.63, 3.8) is 0 Å². The molecule has 2 aliphatic rings. The summed E-state index contributed by atoms with van der Waals surface area (Å²) in [5.41, 5.74) is 1.73. The van der Waals surface area contributed by atoms with Crippen LogP contribution in [0.2, 0.25) is 10.0 Å². The Morgan fingerprint density at radius 2 is 1.56 bits per heavy atom. The Hall–Kier alpha value is -4.43. The molecule has 17 heteroatoms. The van der Waals surface area contributed by atoms with E-state index >= 15 is 4.79 Å². The molecule has 0 aliphatic carbocycles. The van der Waals surface area contributed by atoms with Gasteiger partial charge < -0.3 is 19.3 Å². The van der Waals surface area contributed by atoms with Gasteiger partial charge in [-0.15, -0.1) is 0 Å². The number of nitrogens with zero attached hydrogens (tertiary/aromatic N) is 7. The van der Waals surface area contributed by atoms with Crippen LogP contribution >= 0.6 is 23.2 Å². The third-order valence-electron chi connectivity index (χ3n) is 9.36. The number of likely N-dealkylation sites (N-methyl/N-ethyl adjacent to an activating group) is 1. The molecular weight excluding hydrogens is 757 g/mol. The number of hydrogen-bond acceptors (Lipinski definition) is 10. The van der Waals surface area contributed by atoms with Crippen LogP contribution in [0.5, 0.6) is 11.5 Å². The van der Waals surface area contributed by atoms with Crippen LogP contribution in [0.3, 0.4) is 0 Å². The fraction of sp³-hybridized carbons (Fsp3) is 0.405. The summed E-state index contributed by atoms with van der Waals surface area (Å²) in [5, 5.41) is 9.95. The zero-order valence-corrected chi connectivity index (χ0v) is 33.1. The largest absolute Gasteiger partial charge is 0.495 e. The molecule has 1 fully saturated rings. The second-order valence-electron chi connectivity index (χ2n) is 12.6. The van der Waals surface area contributed by atoms with E-state index in [9.17, 15) is 13.2 Å². The molecule has 5 rings (SSSR count). The van der Waals surface area contributed by atoms with Gasteiger partial charge in [0.2, 0.25) is 5.91 Å². The summed E-state index contributed by atoms with van der Waals surface area (Å²) >= 11 is 12.6. The Bertz CT molecular complexity index is 2000. The summed E-state index contributed by atoms with van der Waals surface area (Å²) in [7, 11) is 1.25. The maximum absolute atomic E-state index is 15.0. The lowest BCUT2D eigenvalue weighted by Crippen LogP contribution is -2.55. The first-order chi connectivity index (χ1) is 25.8. The number of carbonyl (C=O) groups excluding carboxylic acids is 2. The molecule has 3 aromatic rings. The van der Waals surface area contributed by atoms with Crippen molar-refractivity contribution in [1.82, 2.24) is 24.1 Å². The van der Waals surface area contributed by atoms with Crippen molar-refractivity contribution in [3.05, 3.63) is 87.4 Å². The molecule has 3 aromatic carbocycles. The maximum atomic E-state index is 15.0. The Balaban J connectivity index is 1.63. The van der Waals surface area contributed by atoms with Crippen molar-refractivity contribution in [2.24, 2.45) is 4.99 Å². The van der Waals surface area contributed by atoms with Gasteiger partial charge in [-0.25, -0.2) is 13.2 Å². The van der Waals surface area contributed by atoms with E-state index in [-0.39, 0.29) is 59.3 Å². The van der Waals surface area contributed by atoms with Crippen molar-refractivity contribution in [3.8, 4) is 17.6 Å². The summed E-state index contributed by atoms with van der Waals surface area (Å²) in [4.78, 5) is 44.7. The van der Waals surface area contributed by atoms with Gasteiger partial charge in [0.1, 0.15) is 28.3 Å². The van der Waals surface area contributed by atoms with Crippen LogP contribution in [-0.4, -0.2) is 124 Å². The average molecular weight is 801 g/mol. The van der Waals surface area contributed by atoms with E-state index in [4.69, 9.17) is 47.8 Å². The molecule has 3 amide bonds. The van der Waals surface area contributed by atoms with Crippen LogP contribution in [0.1, 0.15) is 42.1 Å². The number of carbonyl (C=O) groups is 2. The second-order valence-corrected chi connectivity index (χ2v) is 15.4. The molecule has 0 unspecified atom stereocenters. The Morgan fingerprint density at radius 3 is 2.11 bits per heavy atom. The number of urea groups is 1. The first-order valence-corrected chi connectivity index (χ1v) is 19.4. The van der Waals surface area contributed by atoms with Gasteiger partial charge >= 0.3 is 6.03 Å². The van der Waals surface area contributed by atoms with Crippen molar-refractivity contribution in [1.29, 1.82) is 5.26 Å². The zero-order valence-electron chi connectivity index (χ0n) is 30.7. The molecule has 0 radical (unpaired) electrons. The van der Waals surface area contributed by atoms with Crippen LogP contribution in [0, 0.1) is 11.3 Å². The van der Waals surface area contributed by atoms with Crippen molar-refractivity contribution >= 4 is 51.0 Å². The summed E-state index contributed by atoms with van der Waals surface area (Å²) < 4.78 is 39.8. The molecule has 288 valence electrons. The quantitative estimate of drug-likeness (QED) is 0.212. The lowest BCUT2D eigenvalue weighted by atomic mass is 9.93. The number of nitriles is 1. The topological polar surface area (TPSA) is 148 Å². The number of sulfonamides is 1. The number of amidine groups is 1. The standard InChI is InChI=1S/C37H43Cl2N7O7S/c1-6-53-30-23-31(51-4)32(54(49,50)43(3)52-5)22-29(30)36-41-34(25-8-12-27(38)13-9-25)35(26-10-14-28(39)15-11-26)46(36)37(48)45-20-18-44(19-21-45)24-33(47)42(2)17-7-16-40/h8-15,22-23,34-35H,6-7,17-21,24H2,1-5H3/t34-,35+/m0/s1. The molecule has 0 spiro atoms. The molecule has 2 aliphatic heterocycles. The number of benzene rings is 3. The van der Waals surface area contributed by atoms with Gasteiger partial charge in [0, 0.05) is 62.9 Å². The number of ether oxygens (including phenoxy) is 2. The lowest BCUT2D eigenvalue weighted by Gasteiger charge is -2.39. The molecule has 2 heterocycles. The van der Waals surface area contributed by atoms with Crippen LogP contribution in [0.15, 0.2) is 70.6 Å². The highest BCUT2D eigenvalue weighted by molar-refractivity contribution is 7.89. The highest BCUT2D eigenvalue weighted by Crippen LogP contribution is 2.46. The van der Waals surface area contributed by atoms with E-state index in [1.807, 2.05) is 29.2 Å². The molecule has 1 saturated heterocycles. The molecule has 0 aromatic heterocycles. The molecule has 0 saturated carbocycles. The number of methoxy groups -OCH3 is 1. The normalized spacial score (nSPS) is 17.6. The minimum atomic E-state index is -4.26. The number of hydroxylamine groups is 1. The SMILES string of the molecule is CCOc1cc(OC)c(S(=O)(=O)N(C)OC)cc1C1=N[C@@H](c2ccc(Cl)cc2)[C@@H](c2ccc(Cl)cc2)N1C(=O)N1CCN(CC(=O)N(C)CCC#N)CC1. The zero-order chi connectivity index (χ0) is 39.2. The smallest absolute Gasteiger partial charge is 0.326 e. The van der Waals surface area contributed by atoms with Crippen molar-refractivity contribution in [2.45, 2.75) is 30.3 Å². The summed E-state index contributed by atoms with van der Waals surface area (Å²) in [6, 6.07) is 17.5. The fourth-order valence-corrected chi connectivity index (χ4v) is 7.74. The summed E-state index contributed by atoms with van der Waals surface area (Å²) in [5.74, 6) is 0.329. The minimum absolute atomic E-state index is 0.00927. The lowest BCUT2D eigenvalue weighted by molar-refractivity contribution is -0.131. The maximum Gasteiger partial charge on any atom is 0.326 e. The van der Waals surface area contributed by atoms with Gasteiger partial charge in [-0.3, -0.25) is 24.4 Å². The molecule has 0 N–H and O–H groups in total. The van der Waals surface area contributed by atoms with E-state index in [0.29, 0.717) is 47.2 Å². The van der Waals surface area contributed by atoms with Crippen LogP contribution in [-0.2, 0) is 19.7 Å². The number of aliphatic imine (C=N–C) groups is 1. The van der Waals surface area contributed by atoms with E-state index in [2.05, 4.69) is 6.07 Å². The molecule has 14 nitrogen and oxygen atoms in total.